The fraction of sp³-hybridized carbons (Fsp3) is 0.479. The number of amides is 2. The summed E-state index contributed by atoms with van der Waals surface area (Å²) in [5.41, 5.74) is 21.6. The maximum atomic E-state index is 12.8. The third-order valence-corrected chi connectivity index (χ3v) is 11.8. The Hall–Kier alpha value is -5.84. The molecule has 10 atom stereocenters. The molecule has 0 saturated carbocycles. The molecule has 0 unspecified atom stereocenters. The fourth-order valence-electron chi connectivity index (χ4n) is 7.09. The van der Waals surface area contributed by atoms with Crippen LogP contribution in [0.4, 0.5) is 11.6 Å². The van der Waals surface area contributed by atoms with Crippen LogP contribution in [0, 0.1) is 0 Å². The molecule has 25 heteroatoms. The Morgan fingerprint density at radius 2 is 1.08 bits per heavy atom. The van der Waals surface area contributed by atoms with E-state index in [1.54, 1.807) is 12.1 Å². The zero-order chi connectivity index (χ0) is 53.8. The number of aryl methyl sites for hydroxylation is 3. The van der Waals surface area contributed by atoms with Gasteiger partial charge in [0.1, 0.15) is 85.8 Å². The summed E-state index contributed by atoms with van der Waals surface area (Å²) < 4.78 is 11.3. The van der Waals surface area contributed by atoms with E-state index in [-0.39, 0.29) is 58.8 Å². The second-order valence-corrected chi connectivity index (χ2v) is 17.5. The van der Waals surface area contributed by atoms with E-state index in [2.05, 4.69) is 37.7 Å². The van der Waals surface area contributed by atoms with Crippen molar-refractivity contribution in [3.63, 3.8) is 0 Å². The van der Waals surface area contributed by atoms with Crippen LogP contribution in [0.2, 0.25) is 5.15 Å². The summed E-state index contributed by atoms with van der Waals surface area (Å²) in [5.74, 6) is -1.16. The molecule has 3 aromatic carbocycles. The lowest BCUT2D eigenvalue weighted by molar-refractivity contribution is -0.144. The number of anilines is 2. The van der Waals surface area contributed by atoms with Gasteiger partial charge in [-0.25, -0.2) is 9.97 Å². The first-order valence-electron chi connectivity index (χ1n) is 23.3. The first kappa shape index (κ1) is 59.7. The van der Waals surface area contributed by atoms with Gasteiger partial charge in [-0.05, 0) is 78.5 Å². The number of hydrogen-bond acceptors (Lipinski definition) is 21. The van der Waals surface area contributed by atoms with Crippen LogP contribution in [0.1, 0.15) is 52.9 Å². The quantitative estimate of drug-likeness (QED) is 0.0141. The molecular weight excluding hydrogens is 980 g/mol. The number of carbonyl (C=O) groups is 2. The smallest absolute Gasteiger partial charge is 0.280 e. The Balaban J connectivity index is 1.23. The van der Waals surface area contributed by atoms with Crippen molar-refractivity contribution < 1.29 is 80.3 Å². The number of aliphatic hydroxyl groups is 12. The number of nitrogen functional groups attached to an aromatic ring is 2. The highest BCUT2D eigenvalue weighted by molar-refractivity contribution is 6.31. The minimum absolute atomic E-state index is 0.0581. The number of nitrogens with zero attached hydrogens (tertiary/aromatic N) is 3. The van der Waals surface area contributed by atoms with E-state index in [0.29, 0.717) is 37.8 Å². The third kappa shape index (κ3) is 18.9. The van der Waals surface area contributed by atoms with E-state index in [1.165, 1.54) is 6.07 Å². The zero-order valence-electron chi connectivity index (χ0n) is 39.8. The van der Waals surface area contributed by atoms with E-state index >= 15 is 0 Å². The molecule has 1 aromatic heterocycles. The van der Waals surface area contributed by atoms with Crippen LogP contribution >= 0.6 is 11.6 Å². The Morgan fingerprint density at radius 1 is 0.603 bits per heavy atom. The monoisotopic (exact) mass is 1050 g/mol. The molecule has 24 nitrogen and oxygen atoms in total. The molecule has 4 rings (SSSR count). The van der Waals surface area contributed by atoms with E-state index < -0.39 is 93.4 Å². The summed E-state index contributed by atoms with van der Waals surface area (Å²) in [4.78, 5) is 37.0. The summed E-state index contributed by atoms with van der Waals surface area (Å²) in [6, 6.07) is 20.5. The molecule has 1 heterocycles. The van der Waals surface area contributed by atoms with Crippen molar-refractivity contribution in [2.75, 3.05) is 51.0 Å². The molecule has 2 amide bonds. The van der Waals surface area contributed by atoms with Gasteiger partial charge >= 0.3 is 0 Å². The number of rotatable bonds is 30. The summed E-state index contributed by atoms with van der Waals surface area (Å²) >= 11 is 5.84. The molecule has 0 aliphatic heterocycles. The number of aliphatic hydroxyl groups excluding tert-OH is 12. The van der Waals surface area contributed by atoms with Gasteiger partial charge in [0.25, 0.3) is 5.91 Å². The van der Waals surface area contributed by atoms with Crippen molar-refractivity contribution in [3.05, 3.63) is 94.3 Å². The number of carbonyl (C=O) groups excluding carboxylic acids is 2. The average Bonchev–Trinajstić information content (AvgIpc) is 3.39. The molecule has 0 aliphatic carbocycles. The normalized spacial score (nSPS) is 16.0. The number of ether oxygens (including phenoxy) is 2. The number of nitrogens with two attached hydrogens (primary N) is 3. The van der Waals surface area contributed by atoms with Gasteiger partial charge in [0.15, 0.2) is 28.4 Å². The minimum atomic E-state index is -2.06. The van der Waals surface area contributed by atoms with E-state index in [9.17, 15) is 60.7 Å². The van der Waals surface area contributed by atoms with Crippen LogP contribution in [-0.4, -0.2) is 190 Å². The summed E-state index contributed by atoms with van der Waals surface area (Å²) in [7, 11) is 0. The van der Waals surface area contributed by atoms with Crippen molar-refractivity contribution in [2.24, 2.45) is 10.7 Å². The molecule has 0 fully saturated rings. The standard InChI is InChI=1S/C48H67ClN8O16/c49-44-46(51)56-45(50)37(55-44)47(71)57-48(52)54-16-2-1-4-25-6-11-28(12-7-25)29-13-8-26(9-14-29)10-15-36(64)53-17-3-5-27-18-30(72-23-34(62)40(67)42(69)38(65)32(60)21-58)20-31(19-27)73-24-35(63)41(68)43(70)39(66)33(61)22-59/h6-9,11-14,18-20,32-35,38-43,58-63,65-70H,1-5,10,15-17,21-24H2,(H,53,64)(H4,50,51,56)(H3,52,54,57,71)/t32-,33-,34+,35+,38-,39-,40+,41+,42-,43-/m1/s1. The number of unbranched alkanes of at least 4 members (excludes halogenated alkanes) is 1. The number of guanidine groups is 1. The Kier molecular flexibility index (Phi) is 24.3. The van der Waals surface area contributed by atoms with E-state index in [0.717, 1.165) is 35.1 Å². The third-order valence-electron chi connectivity index (χ3n) is 11.5. The molecule has 402 valence electrons. The molecule has 4 aromatic rings. The highest BCUT2D eigenvalue weighted by Gasteiger charge is 2.36. The molecule has 0 aliphatic rings. The van der Waals surface area contributed by atoms with Gasteiger partial charge in [0.05, 0.1) is 13.2 Å². The second-order valence-electron chi connectivity index (χ2n) is 17.2. The second kappa shape index (κ2) is 29.8. The molecular formula is C48H67ClN8O16. The molecule has 0 bridgehead atoms. The van der Waals surface area contributed by atoms with Crippen LogP contribution in [0.15, 0.2) is 71.7 Å². The SMILES string of the molecule is NC(=NCCCCc1ccc(-c2ccc(CCC(=O)NCCCc3cc(OC[C@H](O)[C@H](O)[C@H](O)[C@H](O)[C@H](O)CO)cc(OC[C@H](O)[C@H](O)[C@H](O)[C@H](O)[C@H](O)CO)c3)cc2)cc1)NC(=O)c1nc(Cl)c(N)nc1N. The van der Waals surface area contributed by atoms with Crippen molar-refractivity contribution in [2.45, 2.75) is 106 Å². The molecule has 0 saturated heterocycles. The number of halogens is 1. The molecule has 20 N–H and O–H groups in total. The molecule has 0 radical (unpaired) electrons. The lowest BCUT2D eigenvalue weighted by Crippen LogP contribution is -2.51. The van der Waals surface area contributed by atoms with E-state index in [1.807, 2.05) is 36.4 Å². The maximum absolute atomic E-state index is 12.8. The topological polar surface area (TPSA) is 436 Å². The predicted octanol–water partition coefficient (Wildman–Crippen LogP) is -2.94. The lowest BCUT2D eigenvalue weighted by atomic mass is 9.99. The average molecular weight is 1050 g/mol. The minimum Gasteiger partial charge on any atom is -0.491 e. The van der Waals surface area contributed by atoms with Crippen molar-refractivity contribution >= 4 is 41.0 Å². The Labute approximate surface area is 425 Å². The van der Waals surface area contributed by atoms with Gasteiger partial charge in [-0.2, -0.15) is 0 Å². The fourth-order valence-corrected chi connectivity index (χ4v) is 7.22. The number of nitrogens with one attached hydrogen (secondary N) is 2. The van der Waals surface area contributed by atoms with Crippen LogP contribution in [0.25, 0.3) is 11.1 Å². The largest absolute Gasteiger partial charge is 0.491 e. The van der Waals surface area contributed by atoms with Crippen LogP contribution < -0.4 is 37.3 Å². The van der Waals surface area contributed by atoms with Crippen LogP contribution in [-0.2, 0) is 24.1 Å². The first-order valence-corrected chi connectivity index (χ1v) is 23.7. The van der Waals surface area contributed by atoms with Crippen molar-refractivity contribution in [1.29, 1.82) is 0 Å². The number of benzene rings is 3. The van der Waals surface area contributed by atoms with Gasteiger partial charge in [-0.1, -0.05) is 60.1 Å². The van der Waals surface area contributed by atoms with Crippen molar-refractivity contribution in [1.82, 2.24) is 20.6 Å². The highest BCUT2D eigenvalue weighted by Crippen LogP contribution is 2.26. The highest BCUT2D eigenvalue weighted by atomic mass is 35.5. The number of aliphatic imine (C=N–C) groups is 1. The van der Waals surface area contributed by atoms with E-state index in [4.69, 9.17) is 48.5 Å². The van der Waals surface area contributed by atoms with Gasteiger partial charge < -0.3 is 93.3 Å². The summed E-state index contributed by atoms with van der Waals surface area (Å²) in [6.45, 7) is -2.47. The maximum Gasteiger partial charge on any atom is 0.280 e. The van der Waals surface area contributed by atoms with Crippen molar-refractivity contribution in [3.8, 4) is 22.6 Å². The van der Waals surface area contributed by atoms with Gasteiger partial charge in [-0.15, -0.1) is 0 Å². The van der Waals surface area contributed by atoms with Crippen LogP contribution in [0.5, 0.6) is 11.5 Å². The molecule has 73 heavy (non-hydrogen) atoms. The van der Waals surface area contributed by atoms with Gasteiger partial charge in [-0.3, -0.25) is 19.9 Å². The predicted molar refractivity (Wildman–Crippen MR) is 266 cm³/mol. The molecule has 0 spiro atoms. The first-order chi connectivity index (χ1) is 34.7. The zero-order valence-corrected chi connectivity index (χ0v) is 40.5. The number of aromatic nitrogens is 2. The van der Waals surface area contributed by atoms with Gasteiger partial charge in [0, 0.05) is 25.6 Å². The summed E-state index contributed by atoms with van der Waals surface area (Å²) in [6.07, 6.45) is -15.5. The van der Waals surface area contributed by atoms with Gasteiger partial charge in [0.2, 0.25) is 5.91 Å². The Bertz CT molecular complexity index is 2320. The Morgan fingerprint density at radius 3 is 1.59 bits per heavy atom. The summed E-state index contributed by atoms with van der Waals surface area (Å²) in [5, 5.41) is 124. The lowest BCUT2D eigenvalue weighted by Gasteiger charge is -2.28. The van der Waals surface area contributed by atoms with Crippen LogP contribution in [0.3, 0.4) is 0 Å². The number of hydrogen-bond donors (Lipinski definition) is 17.